The van der Waals surface area contributed by atoms with Gasteiger partial charge in [-0.2, -0.15) is 0 Å². The van der Waals surface area contributed by atoms with Gasteiger partial charge in [0.15, 0.2) is 0 Å². The molecular formula is C4H9OS. The Morgan fingerprint density at radius 2 is 2.33 bits per heavy atom. The summed E-state index contributed by atoms with van der Waals surface area (Å²) in [4.78, 5) is 0. The van der Waals surface area contributed by atoms with Crippen molar-refractivity contribution in [3.05, 3.63) is 0 Å². The third kappa shape index (κ3) is 4.31. The van der Waals surface area contributed by atoms with Crippen molar-refractivity contribution in [2.75, 3.05) is 6.61 Å². The highest BCUT2D eigenvalue weighted by molar-refractivity contribution is 7.80. The summed E-state index contributed by atoms with van der Waals surface area (Å²) in [7, 11) is 0. The second-order valence-corrected chi connectivity index (χ2v) is 2.13. The lowest BCUT2D eigenvalue weighted by Gasteiger charge is -1.93. The van der Waals surface area contributed by atoms with Crippen LogP contribution in [0.4, 0.5) is 0 Å². The molecule has 0 saturated heterocycles. The fourth-order valence-electron chi connectivity index (χ4n) is 0.182. The Kier molecular flexibility index (Phi) is 3.68. The normalized spacial score (nSPS) is 14.5. The van der Waals surface area contributed by atoms with Crippen LogP contribution in [0.2, 0.25) is 0 Å². The molecule has 0 aromatic heterocycles. The van der Waals surface area contributed by atoms with Crippen molar-refractivity contribution < 1.29 is 5.11 Å². The molecule has 37 valence electrons. The fourth-order valence-corrected chi connectivity index (χ4v) is 0.287. The summed E-state index contributed by atoms with van der Waals surface area (Å²) >= 11 is 4.72. The first-order valence-electron chi connectivity index (χ1n) is 2.04. The van der Waals surface area contributed by atoms with E-state index in [4.69, 9.17) is 17.7 Å². The minimum absolute atomic E-state index is 0.227. The Bertz CT molecular complexity index is 28.7. The standard InChI is InChI=1S/C4H9OS/c1-4(6)2-3-5/h4-5H,2-3H2,1H3. The molecule has 0 spiro atoms. The molecule has 1 N–H and O–H groups in total. The van der Waals surface area contributed by atoms with Crippen LogP contribution in [0.15, 0.2) is 0 Å². The molecule has 0 aliphatic carbocycles. The van der Waals surface area contributed by atoms with Crippen LogP contribution >= 0.6 is 12.6 Å². The zero-order valence-electron chi connectivity index (χ0n) is 3.85. The zero-order valence-corrected chi connectivity index (χ0v) is 4.66. The average Bonchev–Trinajstić information content (AvgIpc) is 1.35. The average molecular weight is 105 g/mol. The van der Waals surface area contributed by atoms with Gasteiger partial charge in [0.1, 0.15) is 0 Å². The molecule has 0 amide bonds. The van der Waals surface area contributed by atoms with Crippen LogP contribution in [0.3, 0.4) is 0 Å². The molecule has 0 fully saturated rings. The Labute approximate surface area is 43.8 Å². The predicted molar refractivity (Wildman–Crippen MR) is 28.8 cm³/mol. The molecule has 2 heteroatoms. The predicted octanol–water partition coefficient (Wildman–Crippen LogP) is 0.955. The molecule has 0 bridgehead atoms. The molecule has 0 aromatic carbocycles. The van der Waals surface area contributed by atoms with Gasteiger partial charge in [-0.25, -0.2) is 0 Å². The molecule has 0 aromatic rings. The molecule has 0 rings (SSSR count). The highest BCUT2D eigenvalue weighted by Gasteiger charge is 1.88. The maximum absolute atomic E-state index is 8.17. The third-order valence-corrected chi connectivity index (χ3v) is 0.771. The van der Waals surface area contributed by atoms with Gasteiger partial charge in [-0.1, -0.05) is 19.6 Å². The smallest absolute Gasteiger partial charge is 0.0441 e. The van der Waals surface area contributed by atoms with Gasteiger partial charge in [0.2, 0.25) is 0 Å². The van der Waals surface area contributed by atoms with Gasteiger partial charge in [0.25, 0.3) is 0 Å². The minimum atomic E-state index is 0.227. The summed E-state index contributed by atoms with van der Waals surface area (Å²) < 4.78 is 0. The largest absolute Gasteiger partial charge is 0.396 e. The Hall–Kier alpha value is 0.310. The maximum Gasteiger partial charge on any atom is 0.0441 e. The highest BCUT2D eigenvalue weighted by Crippen LogP contribution is 1.95. The van der Waals surface area contributed by atoms with E-state index in [1.165, 1.54) is 0 Å². The third-order valence-electron chi connectivity index (χ3n) is 0.536. The van der Waals surface area contributed by atoms with Gasteiger partial charge < -0.3 is 5.11 Å². The molecule has 1 atom stereocenters. The summed E-state index contributed by atoms with van der Waals surface area (Å²) in [6.07, 6.45) is 0.745. The van der Waals surface area contributed by atoms with Crippen molar-refractivity contribution in [3.8, 4) is 0 Å². The molecule has 0 aliphatic heterocycles. The Morgan fingerprint density at radius 3 is 2.33 bits per heavy atom. The minimum Gasteiger partial charge on any atom is -0.396 e. The van der Waals surface area contributed by atoms with Gasteiger partial charge in [0, 0.05) is 11.9 Å². The van der Waals surface area contributed by atoms with E-state index >= 15 is 0 Å². The van der Waals surface area contributed by atoms with Crippen LogP contribution in [0.25, 0.3) is 0 Å². The first-order valence-corrected chi connectivity index (χ1v) is 2.51. The van der Waals surface area contributed by atoms with E-state index in [0.29, 0.717) is 0 Å². The van der Waals surface area contributed by atoms with Crippen LogP contribution < -0.4 is 0 Å². The summed E-state index contributed by atoms with van der Waals surface area (Å²) in [5.74, 6) is 0. The van der Waals surface area contributed by atoms with Crippen LogP contribution in [-0.4, -0.2) is 17.0 Å². The van der Waals surface area contributed by atoms with Crippen molar-refractivity contribution in [2.24, 2.45) is 0 Å². The molecule has 0 aliphatic rings. The second-order valence-electron chi connectivity index (χ2n) is 1.32. The molecular weight excluding hydrogens is 96.1 g/mol. The molecule has 1 unspecified atom stereocenters. The number of aliphatic hydroxyl groups excluding tert-OH is 1. The van der Waals surface area contributed by atoms with Gasteiger partial charge in [-0.15, -0.1) is 0 Å². The lowest BCUT2D eigenvalue weighted by atomic mass is 10.4. The molecule has 1 nitrogen and oxygen atoms in total. The fraction of sp³-hybridized carbons (Fsp3) is 1.00. The lowest BCUT2D eigenvalue weighted by molar-refractivity contribution is 0.289. The summed E-state index contributed by atoms with van der Waals surface area (Å²) in [5.41, 5.74) is 0. The van der Waals surface area contributed by atoms with Crippen LogP contribution in [0.1, 0.15) is 13.3 Å². The summed E-state index contributed by atoms with van der Waals surface area (Å²) in [6, 6.07) is 0. The van der Waals surface area contributed by atoms with E-state index in [9.17, 15) is 0 Å². The molecule has 0 saturated carbocycles. The van der Waals surface area contributed by atoms with E-state index in [2.05, 4.69) is 0 Å². The van der Waals surface area contributed by atoms with E-state index in [0.717, 1.165) is 6.42 Å². The van der Waals surface area contributed by atoms with Gasteiger partial charge in [-0.3, -0.25) is 0 Å². The topological polar surface area (TPSA) is 20.2 Å². The van der Waals surface area contributed by atoms with E-state index in [1.54, 1.807) is 0 Å². The monoisotopic (exact) mass is 105 g/mol. The second kappa shape index (κ2) is 3.50. The number of hydrogen-bond acceptors (Lipinski definition) is 1. The number of aliphatic hydroxyl groups is 1. The van der Waals surface area contributed by atoms with Crippen LogP contribution in [0.5, 0.6) is 0 Å². The van der Waals surface area contributed by atoms with Crippen LogP contribution in [0, 0.1) is 0 Å². The van der Waals surface area contributed by atoms with E-state index < -0.39 is 0 Å². The zero-order chi connectivity index (χ0) is 4.99. The van der Waals surface area contributed by atoms with Gasteiger partial charge in [0.05, 0.1) is 0 Å². The molecule has 6 heavy (non-hydrogen) atoms. The Morgan fingerprint density at radius 1 is 1.83 bits per heavy atom. The van der Waals surface area contributed by atoms with Gasteiger partial charge in [-0.05, 0) is 6.42 Å². The number of rotatable bonds is 2. The molecule has 0 heterocycles. The van der Waals surface area contributed by atoms with Crippen molar-refractivity contribution in [1.29, 1.82) is 0 Å². The SMILES string of the molecule is CC([S])CCO. The van der Waals surface area contributed by atoms with E-state index in [-0.39, 0.29) is 11.9 Å². The van der Waals surface area contributed by atoms with E-state index in [1.807, 2.05) is 6.92 Å². The quantitative estimate of drug-likeness (QED) is 0.554. The van der Waals surface area contributed by atoms with Crippen molar-refractivity contribution in [2.45, 2.75) is 18.6 Å². The Balaban J connectivity index is 2.63. The summed E-state index contributed by atoms with van der Waals surface area (Å²) in [6.45, 7) is 2.14. The van der Waals surface area contributed by atoms with Crippen molar-refractivity contribution in [3.63, 3.8) is 0 Å². The maximum atomic E-state index is 8.17. The van der Waals surface area contributed by atoms with Crippen molar-refractivity contribution >= 4 is 12.6 Å². The molecule has 1 radical (unpaired) electrons. The first kappa shape index (κ1) is 6.31. The summed E-state index contributed by atoms with van der Waals surface area (Å²) in [5, 5.41) is 8.40. The first-order chi connectivity index (χ1) is 2.77. The van der Waals surface area contributed by atoms with Gasteiger partial charge >= 0.3 is 0 Å². The number of hydrogen-bond donors (Lipinski definition) is 1. The lowest BCUT2D eigenvalue weighted by Crippen LogP contribution is -1.93. The van der Waals surface area contributed by atoms with Crippen molar-refractivity contribution in [1.82, 2.24) is 0 Å². The van der Waals surface area contributed by atoms with Crippen LogP contribution in [-0.2, 0) is 0 Å². The highest BCUT2D eigenvalue weighted by atomic mass is 32.1.